The van der Waals surface area contributed by atoms with Gasteiger partial charge in [0.25, 0.3) is 0 Å². The summed E-state index contributed by atoms with van der Waals surface area (Å²) in [6.45, 7) is 1.61. The maximum absolute atomic E-state index is 13.7. The number of H-pyrrole nitrogens is 1. The highest BCUT2D eigenvalue weighted by atomic mass is 35.5. The van der Waals surface area contributed by atoms with Crippen LogP contribution in [-0.4, -0.2) is 22.2 Å². The molecule has 0 aromatic carbocycles. The van der Waals surface area contributed by atoms with Crippen LogP contribution in [0, 0.1) is 12.7 Å². The van der Waals surface area contributed by atoms with Crippen molar-refractivity contribution in [2.24, 2.45) is 0 Å². The Morgan fingerprint density at radius 1 is 1.62 bits per heavy atom. The molecule has 0 spiro atoms. The molecule has 0 aliphatic rings. The number of hydrogen-bond donors (Lipinski definition) is 2. The van der Waals surface area contributed by atoms with Crippen LogP contribution in [-0.2, 0) is 4.74 Å². The van der Waals surface area contributed by atoms with Gasteiger partial charge in [-0.05, 0) is 13.0 Å². The Kier molecular flexibility index (Phi) is 2.84. The molecule has 2 aromatic heterocycles. The number of methoxy groups -OCH3 is 1. The summed E-state index contributed by atoms with van der Waals surface area (Å²) >= 11 is 5.73. The Hall–Kier alpha value is -1.17. The Morgan fingerprint density at radius 2 is 2.31 bits per heavy atom. The number of hydrogen-bond acceptors (Lipinski definition) is 3. The minimum absolute atomic E-state index is 0.00930. The average molecular weight is 245 g/mol. The topological polar surface area (TPSA) is 58.1 Å². The number of aliphatic hydroxyl groups excluding tert-OH is 1. The molecule has 86 valence electrons. The molecule has 1 unspecified atom stereocenters. The van der Waals surface area contributed by atoms with Gasteiger partial charge in [-0.15, -0.1) is 0 Å². The molecule has 0 saturated heterocycles. The van der Waals surface area contributed by atoms with Gasteiger partial charge in [-0.1, -0.05) is 11.6 Å². The summed E-state index contributed by atoms with van der Waals surface area (Å²) < 4.78 is 18.4. The highest BCUT2D eigenvalue weighted by Gasteiger charge is 2.16. The van der Waals surface area contributed by atoms with Crippen LogP contribution in [0.5, 0.6) is 0 Å². The van der Waals surface area contributed by atoms with E-state index in [2.05, 4.69) is 9.97 Å². The van der Waals surface area contributed by atoms with Crippen molar-refractivity contribution in [2.45, 2.75) is 13.2 Å². The minimum Gasteiger partial charge on any atom is -0.363 e. The first kappa shape index (κ1) is 11.3. The lowest BCUT2D eigenvalue weighted by molar-refractivity contribution is -0.0794. The largest absolute Gasteiger partial charge is 0.363 e. The lowest BCUT2D eigenvalue weighted by atomic mass is 10.2. The molecule has 0 aliphatic carbocycles. The van der Waals surface area contributed by atoms with E-state index < -0.39 is 12.1 Å². The summed E-state index contributed by atoms with van der Waals surface area (Å²) in [5.41, 5.74) is 1.07. The first-order valence-corrected chi connectivity index (χ1v) is 4.97. The van der Waals surface area contributed by atoms with Crippen molar-refractivity contribution in [3.63, 3.8) is 0 Å². The number of aromatic nitrogens is 2. The van der Waals surface area contributed by atoms with E-state index in [0.29, 0.717) is 17.0 Å². The molecule has 2 heterocycles. The van der Waals surface area contributed by atoms with Crippen LogP contribution < -0.4 is 0 Å². The van der Waals surface area contributed by atoms with Crippen molar-refractivity contribution in [2.75, 3.05) is 7.11 Å². The van der Waals surface area contributed by atoms with Gasteiger partial charge in [0.05, 0.1) is 21.8 Å². The van der Waals surface area contributed by atoms with Crippen molar-refractivity contribution in [1.82, 2.24) is 9.97 Å². The van der Waals surface area contributed by atoms with Crippen LogP contribution in [0.2, 0.25) is 5.02 Å². The number of aliphatic hydroxyl groups is 1. The molecule has 0 amide bonds. The number of halogens is 2. The molecule has 0 saturated carbocycles. The number of ether oxygens (including phenoxy) is 1. The first-order valence-electron chi connectivity index (χ1n) is 4.59. The zero-order valence-electron chi connectivity index (χ0n) is 8.71. The average Bonchev–Trinajstić information content (AvgIpc) is 2.69. The number of aromatic amines is 1. The van der Waals surface area contributed by atoms with Gasteiger partial charge < -0.3 is 14.8 Å². The third-order valence-electron chi connectivity index (χ3n) is 2.33. The maximum Gasteiger partial charge on any atom is 0.196 e. The van der Waals surface area contributed by atoms with Crippen molar-refractivity contribution in [3.8, 4) is 0 Å². The SMILES string of the molecule is COC(O)c1cc2c(F)c(Cl)c(C)nc2[nH]1. The summed E-state index contributed by atoms with van der Waals surface area (Å²) in [6.07, 6.45) is -1.13. The molecule has 2 rings (SSSR count). The monoisotopic (exact) mass is 244 g/mol. The number of nitrogens with zero attached hydrogens (tertiary/aromatic N) is 1. The molecular formula is C10H10ClFN2O2. The van der Waals surface area contributed by atoms with E-state index in [1.807, 2.05) is 0 Å². The predicted molar refractivity (Wildman–Crippen MR) is 57.8 cm³/mol. The van der Waals surface area contributed by atoms with Crippen LogP contribution in [0.4, 0.5) is 4.39 Å². The van der Waals surface area contributed by atoms with Crippen molar-refractivity contribution in [1.29, 1.82) is 0 Å². The summed E-state index contributed by atoms with van der Waals surface area (Å²) in [5.74, 6) is -0.546. The zero-order valence-corrected chi connectivity index (χ0v) is 9.47. The highest BCUT2D eigenvalue weighted by molar-refractivity contribution is 6.32. The van der Waals surface area contributed by atoms with Gasteiger partial charge in [-0.3, -0.25) is 0 Å². The van der Waals surface area contributed by atoms with Crippen molar-refractivity contribution in [3.05, 3.63) is 28.3 Å². The lowest BCUT2D eigenvalue weighted by Crippen LogP contribution is -1.99. The number of pyridine rings is 1. The predicted octanol–water partition coefficient (Wildman–Crippen LogP) is 2.30. The van der Waals surface area contributed by atoms with E-state index in [0.717, 1.165) is 0 Å². The summed E-state index contributed by atoms with van der Waals surface area (Å²) in [4.78, 5) is 6.85. The van der Waals surface area contributed by atoms with Gasteiger partial charge in [0.1, 0.15) is 5.65 Å². The lowest BCUT2D eigenvalue weighted by Gasteiger charge is -2.03. The van der Waals surface area contributed by atoms with Crippen LogP contribution in [0.15, 0.2) is 6.07 Å². The van der Waals surface area contributed by atoms with Gasteiger partial charge >= 0.3 is 0 Å². The molecular weight excluding hydrogens is 235 g/mol. The number of fused-ring (bicyclic) bond motifs is 1. The molecule has 0 fully saturated rings. The summed E-state index contributed by atoms with van der Waals surface area (Å²) in [7, 11) is 1.35. The fourth-order valence-corrected chi connectivity index (χ4v) is 1.62. The molecule has 0 radical (unpaired) electrons. The molecule has 2 aromatic rings. The molecule has 0 aliphatic heterocycles. The van der Waals surface area contributed by atoms with Gasteiger partial charge in [0, 0.05) is 7.11 Å². The second-order valence-electron chi connectivity index (χ2n) is 3.40. The molecule has 16 heavy (non-hydrogen) atoms. The van der Waals surface area contributed by atoms with Gasteiger partial charge in [-0.25, -0.2) is 9.37 Å². The van der Waals surface area contributed by atoms with Gasteiger partial charge in [-0.2, -0.15) is 0 Å². The van der Waals surface area contributed by atoms with Gasteiger partial charge in [0.2, 0.25) is 0 Å². The highest BCUT2D eigenvalue weighted by Crippen LogP contribution is 2.27. The smallest absolute Gasteiger partial charge is 0.196 e. The summed E-state index contributed by atoms with van der Waals surface area (Å²) in [6, 6.07) is 1.43. The fraction of sp³-hybridized carbons (Fsp3) is 0.300. The van der Waals surface area contributed by atoms with E-state index in [9.17, 15) is 9.50 Å². The molecule has 2 N–H and O–H groups in total. The van der Waals surface area contributed by atoms with Crippen molar-refractivity contribution >= 4 is 22.6 Å². The molecule has 1 atom stereocenters. The Morgan fingerprint density at radius 3 is 2.94 bits per heavy atom. The number of rotatable bonds is 2. The third-order valence-corrected chi connectivity index (χ3v) is 2.77. The zero-order chi connectivity index (χ0) is 11.9. The van der Waals surface area contributed by atoms with Crippen LogP contribution in [0.3, 0.4) is 0 Å². The van der Waals surface area contributed by atoms with E-state index in [-0.39, 0.29) is 10.4 Å². The van der Waals surface area contributed by atoms with Crippen LogP contribution in [0.1, 0.15) is 17.7 Å². The Balaban J connectivity index is 2.66. The third kappa shape index (κ3) is 1.67. The minimum atomic E-state index is -1.13. The van der Waals surface area contributed by atoms with E-state index in [1.54, 1.807) is 6.92 Å². The van der Waals surface area contributed by atoms with E-state index in [1.165, 1.54) is 13.2 Å². The van der Waals surface area contributed by atoms with Crippen molar-refractivity contribution < 1.29 is 14.2 Å². The van der Waals surface area contributed by atoms with Gasteiger partial charge in [0.15, 0.2) is 12.1 Å². The fourth-order valence-electron chi connectivity index (χ4n) is 1.47. The van der Waals surface area contributed by atoms with E-state index >= 15 is 0 Å². The molecule has 4 nitrogen and oxygen atoms in total. The quantitative estimate of drug-likeness (QED) is 0.797. The Bertz CT molecular complexity index is 541. The number of aryl methyl sites for hydroxylation is 1. The summed E-state index contributed by atoms with van der Waals surface area (Å²) in [5, 5.41) is 9.65. The number of nitrogens with one attached hydrogen (secondary N) is 1. The second kappa shape index (κ2) is 4.01. The van der Waals surface area contributed by atoms with Crippen LogP contribution >= 0.6 is 11.6 Å². The standard InChI is InChI=1S/C10H10ClFN2O2/c1-4-7(11)8(12)5-3-6(10(15)16-2)14-9(5)13-4/h3,10,15H,1-2H3,(H,13,14). The van der Waals surface area contributed by atoms with Crippen LogP contribution in [0.25, 0.3) is 11.0 Å². The first-order chi connectivity index (χ1) is 7.54. The maximum atomic E-state index is 13.7. The molecule has 0 bridgehead atoms. The Labute approximate surface area is 96.0 Å². The normalized spacial score (nSPS) is 13.3. The van der Waals surface area contributed by atoms with E-state index in [4.69, 9.17) is 16.3 Å². The molecule has 6 heteroatoms. The second-order valence-corrected chi connectivity index (χ2v) is 3.78.